The summed E-state index contributed by atoms with van der Waals surface area (Å²) in [7, 11) is 1.54. The van der Waals surface area contributed by atoms with Crippen LogP contribution >= 0.6 is 0 Å². The van der Waals surface area contributed by atoms with E-state index in [2.05, 4.69) is 10.6 Å². The van der Waals surface area contributed by atoms with Crippen LogP contribution in [0, 0.1) is 0 Å². The summed E-state index contributed by atoms with van der Waals surface area (Å²) in [5.74, 6) is -0.374. The summed E-state index contributed by atoms with van der Waals surface area (Å²) in [4.78, 5) is 24.6. The van der Waals surface area contributed by atoms with Gasteiger partial charge in [-0.1, -0.05) is 6.07 Å². The monoisotopic (exact) mass is 414 g/mol. The second-order valence-corrected chi connectivity index (χ2v) is 6.29. The van der Waals surface area contributed by atoms with Crippen molar-refractivity contribution >= 4 is 23.2 Å². The lowest BCUT2D eigenvalue weighted by Gasteiger charge is -2.10. The number of alkyl halides is 3. The second-order valence-electron chi connectivity index (χ2n) is 6.29. The fourth-order valence-electron chi connectivity index (χ4n) is 2.62. The van der Waals surface area contributed by atoms with Gasteiger partial charge in [0.1, 0.15) is 5.75 Å². The third-order valence-electron chi connectivity index (χ3n) is 4.20. The maximum atomic E-state index is 12.8. The maximum absolute atomic E-state index is 12.8. The fraction of sp³-hybridized carbons (Fsp3) is 0.0909. The van der Waals surface area contributed by atoms with Crippen LogP contribution in [0.2, 0.25) is 0 Å². The fourth-order valence-corrected chi connectivity index (χ4v) is 2.62. The number of anilines is 2. The lowest BCUT2D eigenvalue weighted by Crippen LogP contribution is -2.14. The van der Waals surface area contributed by atoms with Gasteiger partial charge in [0.2, 0.25) is 0 Å². The van der Waals surface area contributed by atoms with Crippen LogP contribution in [0.1, 0.15) is 26.3 Å². The molecule has 0 aromatic heterocycles. The Bertz CT molecular complexity index is 1050. The van der Waals surface area contributed by atoms with Crippen LogP contribution in [0.5, 0.6) is 5.75 Å². The van der Waals surface area contributed by atoms with E-state index >= 15 is 0 Å². The Labute approximate surface area is 170 Å². The smallest absolute Gasteiger partial charge is 0.416 e. The highest BCUT2D eigenvalue weighted by molar-refractivity contribution is 6.06. The van der Waals surface area contributed by atoms with Gasteiger partial charge in [0.25, 0.3) is 11.8 Å². The molecule has 0 spiro atoms. The molecule has 0 aliphatic heterocycles. The predicted molar refractivity (Wildman–Crippen MR) is 107 cm³/mol. The Balaban J connectivity index is 1.65. The first kappa shape index (κ1) is 20.9. The van der Waals surface area contributed by atoms with Crippen LogP contribution in [0.25, 0.3) is 0 Å². The molecule has 5 nitrogen and oxygen atoms in total. The summed E-state index contributed by atoms with van der Waals surface area (Å²) in [5, 5.41) is 5.24. The van der Waals surface area contributed by atoms with Gasteiger partial charge < -0.3 is 15.4 Å². The number of methoxy groups -OCH3 is 1. The number of hydrogen-bond donors (Lipinski definition) is 2. The van der Waals surface area contributed by atoms with Crippen molar-refractivity contribution < 1.29 is 27.5 Å². The first-order valence-electron chi connectivity index (χ1n) is 8.80. The molecule has 0 bridgehead atoms. The van der Waals surface area contributed by atoms with E-state index in [9.17, 15) is 22.8 Å². The Morgan fingerprint density at radius 1 is 0.767 bits per heavy atom. The van der Waals surface area contributed by atoms with Gasteiger partial charge in [-0.05, 0) is 66.7 Å². The molecule has 3 rings (SSSR count). The molecule has 0 radical (unpaired) electrons. The minimum Gasteiger partial charge on any atom is -0.497 e. The van der Waals surface area contributed by atoms with Gasteiger partial charge in [-0.15, -0.1) is 0 Å². The summed E-state index contributed by atoms with van der Waals surface area (Å²) in [6, 6.07) is 16.9. The van der Waals surface area contributed by atoms with Gasteiger partial charge in [0.05, 0.1) is 12.7 Å². The zero-order chi connectivity index (χ0) is 21.7. The summed E-state index contributed by atoms with van der Waals surface area (Å²) < 4.78 is 43.4. The minimum atomic E-state index is -4.53. The first-order valence-corrected chi connectivity index (χ1v) is 8.80. The molecule has 2 N–H and O–H groups in total. The molecule has 154 valence electrons. The zero-order valence-electron chi connectivity index (χ0n) is 15.8. The van der Waals surface area contributed by atoms with Gasteiger partial charge in [0.15, 0.2) is 0 Å². The van der Waals surface area contributed by atoms with Crippen molar-refractivity contribution in [2.45, 2.75) is 6.18 Å². The largest absolute Gasteiger partial charge is 0.497 e. The topological polar surface area (TPSA) is 67.4 Å². The van der Waals surface area contributed by atoms with E-state index in [1.807, 2.05) is 0 Å². The van der Waals surface area contributed by atoms with E-state index in [0.717, 1.165) is 12.1 Å². The number of rotatable bonds is 5. The van der Waals surface area contributed by atoms with Crippen LogP contribution in [0.4, 0.5) is 24.5 Å². The molecule has 30 heavy (non-hydrogen) atoms. The number of carbonyl (C=O) groups is 2. The molecule has 0 saturated carbocycles. The van der Waals surface area contributed by atoms with E-state index in [1.54, 1.807) is 31.4 Å². The number of hydrogen-bond acceptors (Lipinski definition) is 3. The van der Waals surface area contributed by atoms with Gasteiger partial charge in [-0.25, -0.2) is 0 Å². The van der Waals surface area contributed by atoms with E-state index < -0.39 is 17.6 Å². The van der Waals surface area contributed by atoms with Gasteiger partial charge in [-0.3, -0.25) is 9.59 Å². The van der Waals surface area contributed by atoms with E-state index in [-0.39, 0.29) is 11.5 Å². The number of benzene rings is 3. The van der Waals surface area contributed by atoms with Crippen molar-refractivity contribution in [2.24, 2.45) is 0 Å². The van der Waals surface area contributed by atoms with E-state index in [0.29, 0.717) is 22.7 Å². The lowest BCUT2D eigenvalue weighted by molar-refractivity contribution is -0.137. The standard InChI is InChI=1S/C22H17F3N2O3/c1-30-19-11-9-18(10-12-19)26-20(28)14-5-7-17(8-6-14)27-21(29)15-3-2-4-16(13-15)22(23,24)25/h2-13H,1H3,(H,26,28)(H,27,29). The van der Waals surface area contributed by atoms with Crippen LogP contribution < -0.4 is 15.4 Å². The highest BCUT2D eigenvalue weighted by Gasteiger charge is 2.30. The van der Waals surface area contributed by atoms with Gasteiger partial charge >= 0.3 is 6.18 Å². The Morgan fingerprint density at radius 2 is 1.30 bits per heavy atom. The molecular weight excluding hydrogens is 397 g/mol. The summed E-state index contributed by atoms with van der Waals surface area (Å²) >= 11 is 0. The number of nitrogens with one attached hydrogen (secondary N) is 2. The average molecular weight is 414 g/mol. The van der Waals surface area contributed by atoms with Crippen molar-refractivity contribution in [1.82, 2.24) is 0 Å². The lowest BCUT2D eigenvalue weighted by atomic mass is 10.1. The SMILES string of the molecule is COc1ccc(NC(=O)c2ccc(NC(=O)c3cccc(C(F)(F)F)c3)cc2)cc1. The predicted octanol–water partition coefficient (Wildman–Crippen LogP) is 5.22. The summed E-state index contributed by atoms with van der Waals surface area (Å²) in [5.41, 5.74) is 0.260. The Kier molecular flexibility index (Phi) is 6.06. The normalized spacial score (nSPS) is 10.9. The third-order valence-corrected chi connectivity index (χ3v) is 4.20. The molecule has 0 fully saturated rings. The van der Waals surface area contributed by atoms with Crippen molar-refractivity contribution in [3.63, 3.8) is 0 Å². The van der Waals surface area contributed by atoms with Crippen LogP contribution in [-0.2, 0) is 6.18 Å². The molecule has 0 aliphatic carbocycles. The third kappa shape index (κ3) is 5.16. The molecule has 3 aromatic rings. The zero-order valence-corrected chi connectivity index (χ0v) is 15.8. The highest BCUT2D eigenvalue weighted by Crippen LogP contribution is 2.29. The first-order chi connectivity index (χ1) is 14.3. The van der Waals surface area contributed by atoms with Crippen LogP contribution in [-0.4, -0.2) is 18.9 Å². The quantitative estimate of drug-likeness (QED) is 0.602. The molecular formula is C22H17F3N2O3. The Hall–Kier alpha value is -3.81. The number of ether oxygens (including phenoxy) is 1. The number of amides is 2. The molecule has 3 aromatic carbocycles. The van der Waals surface area contributed by atoms with Crippen LogP contribution in [0.15, 0.2) is 72.8 Å². The van der Waals surface area contributed by atoms with E-state index in [1.165, 1.54) is 36.4 Å². The number of halogens is 3. The molecule has 0 atom stereocenters. The molecule has 0 unspecified atom stereocenters. The molecule has 0 aliphatic rings. The average Bonchev–Trinajstić information content (AvgIpc) is 2.74. The Morgan fingerprint density at radius 3 is 1.83 bits per heavy atom. The van der Waals surface area contributed by atoms with Crippen molar-refractivity contribution in [3.05, 3.63) is 89.5 Å². The molecule has 0 heterocycles. The maximum Gasteiger partial charge on any atom is 0.416 e. The minimum absolute atomic E-state index is 0.119. The highest BCUT2D eigenvalue weighted by atomic mass is 19.4. The van der Waals surface area contributed by atoms with Gasteiger partial charge in [0, 0.05) is 22.5 Å². The van der Waals surface area contributed by atoms with Crippen LogP contribution in [0.3, 0.4) is 0 Å². The van der Waals surface area contributed by atoms with Crippen molar-refractivity contribution in [1.29, 1.82) is 0 Å². The van der Waals surface area contributed by atoms with Crippen molar-refractivity contribution in [3.8, 4) is 5.75 Å². The summed E-state index contributed by atoms with van der Waals surface area (Å²) in [6.45, 7) is 0. The molecule has 0 saturated heterocycles. The molecule has 2 amide bonds. The number of carbonyl (C=O) groups excluding carboxylic acids is 2. The van der Waals surface area contributed by atoms with E-state index in [4.69, 9.17) is 4.74 Å². The van der Waals surface area contributed by atoms with Crippen molar-refractivity contribution in [2.75, 3.05) is 17.7 Å². The molecule has 8 heteroatoms. The van der Waals surface area contributed by atoms with Gasteiger partial charge in [-0.2, -0.15) is 13.2 Å². The second kappa shape index (κ2) is 8.69. The summed E-state index contributed by atoms with van der Waals surface area (Å²) in [6.07, 6.45) is -4.53.